The number of likely N-dealkylation sites (N-methyl/N-ethyl adjacent to an activating group) is 2. The van der Waals surface area contributed by atoms with E-state index in [4.69, 9.17) is 4.74 Å². The molecule has 1 N–H and O–H groups in total. The Hall–Kier alpha value is -0.580. The molecule has 0 aliphatic carbocycles. The van der Waals surface area contributed by atoms with Crippen LogP contribution in [0.4, 0.5) is 0 Å². The summed E-state index contributed by atoms with van der Waals surface area (Å²) in [7, 11) is 4.06. The van der Waals surface area contributed by atoms with Crippen molar-refractivity contribution < 1.29 is 4.74 Å². The van der Waals surface area contributed by atoms with E-state index >= 15 is 0 Å². The molecule has 0 saturated carbocycles. The van der Waals surface area contributed by atoms with Gasteiger partial charge in [0.2, 0.25) is 0 Å². The first-order valence-corrected chi connectivity index (χ1v) is 6.23. The molecule has 0 aliphatic heterocycles. The molecule has 0 atom stereocenters. The van der Waals surface area contributed by atoms with Crippen LogP contribution in [0.25, 0.3) is 0 Å². The Labute approximate surface area is 106 Å². The molecule has 1 rings (SSSR count). The minimum absolute atomic E-state index is 0.719. The Morgan fingerprint density at radius 3 is 2.88 bits per heavy atom. The van der Waals surface area contributed by atoms with Gasteiger partial charge in [-0.1, -0.05) is 22.0 Å². The molecule has 0 spiro atoms. The van der Waals surface area contributed by atoms with Gasteiger partial charge in [0, 0.05) is 24.1 Å². The Bertz CT molecular complexity index is 307. The van der Waals surface area contributed by atoms with Crippen molar-refractivity contribution in [3.8, 4) is 5.75 Å². The van der Waals surface area contributed by atoms with Crippen molar-refractivity contribution in [1.29, 1.82) is 0 Å². The molecule has 0 aromatic heterocycles. The Morgan fingerprint density at radius 1 is 1.38 bits per heavy atom. The molecule has 0 heterocycles. The first-order chi connectivity index (χ1) is 7.72. The highest BCUT2D eigenvalue weighted by atomic mass is 79.9. The number of rotatable bonds is 7. The summed E-state index contributed by atoms with van der Waals surface area (Å²) in [4.78, 5) is 2.24. The van der Waals surface area contributed by atoms with Gasteiger partial charge in [-0.25, -0.2) is 0 Å². The lowest BCUT2D eigenvalue weighted by Gasteiger charge is -2.16. The Kier molecular flexibility index (Phi) is 6.45. The van der Waals surface area contributed by atoms with Gasteiger partial charge < -0.3 is 15.0 Å². The van der Waals surface area contributed by atoms with Crippen LogP contribution in [-0.4, -0.2) is 45.2 Å². The van der Waals surface area contributed by atoms with Gasteiger partial charge in [-0.05, 0) is 32.3 Å². The van der Waals surface area contributed by atoms with Crippen molar-refractivity contribution in [2.75, 3.05) is 40.3 Å². The van der Waals surface area contributed by atoms with Crippen LogP contribution in [0.2, 0.25) is 0 Å². The van der Waals surface area contributed by atoms with Crippen LogP contribution < -0.4 is 10.1 Å². The third kappa shape index (κ3) is 5.49. The van der Waals surface area contributed by atoms with Crippen LogP contribution in [-0.2, 0) is 0 Å². The van der Waals surface area contributed by atoms with Crippen molar-refractivity contribution in [2.24, 2.45) is 0 Å². The highest BCUT2D eigenvalue weighted by molar-refractivity contribution is 9.10. The van der Waals surface area contributed by atoms with E-state index in [0.717, 1.165) is 36.5 Å². The van der Waals surface area contributed by atoms with E-state index in [1.807, 2.05) is 31.3 Å². The maximum absolute atomic E-state index is 5.65. The standard InChI is InChI=1S/C12H19BrN2O/c1-14-6-7-15(2)8-9-16-12-5-3-4-11(13)10-12/h3-5,10,14H,6-9H2,1-2H3. The van der Waals surface area contributed by atoms with Gasteiger partial charge in [-0.15, -0.1) is 0 Å². The highest BCUT2D eigenvalue weighted by Crippen LogP contribution is 2.17. The van der Waals surface area contributed by atoms with Gasteiger partial charge >= 0.3 is 0 Å². The Morgan fingerprint density at radius 2 is 2.19 bits per heavy atom. The second-order valence-electron chi connectivity index (χ2n) is 3.71. The van der Waals surface area contributed by atoms with Crippen LogP contribution in [0, 0.1) is 0 Å². The molecule has 0 saturated heterocycles. The predicted molar refractivity (Wildman–Crippen MR) is 71.1 cm³/mol. The molecule has 0 radical (unpaired) electrons. The quantitative estimate of drug-likeness (QED) is 0.830. The SMILES string of the molecule is CNCCN(C)CCOc1cccc(Br)c1. The maximum Gasteiger partial charge on any atom is 0.120 e. The molecule has 16 heavy (non-hydrogen) atoms. The minimum atomic E-state index is 0.719. The maximum atomic E-state index is 5.65. The zero-order chi connectivity index (χ0) is 11.8. The van der Waals surface area contributed by atoms with Gasteiger partial charge in [0.15, 0.2) is 0 Å². The fourth-order valence-corrected chi connectivity index (χ4v) is 1.67. The molecule has 90 valence electrons. The van der Waals surface area contributed by atoms with Crippen LogP contribution >= 0.6 is 15.9 Å². The van der Waals surface area contributed by atoms with Crippen LogP contribution in [0.3, 0.4) is 0 Å². The predicted octanol–water partition coefficient (Wildman–Crippen LogP) is 1.98. The second-order valence-corrected chi connectivity index (χ2v) is 4.63. The highest BCUT2D eigenvalue weighted by Gasteiger charge is 1.98. The second kappa shape index (κ2) is 7.65. The zero-order valence-electron chi connectivity index (χ0n) is 9.87. The minimum Gasteiger partial charge on any atom is -0.492 e. The summed E-state index contributed by atoms with van der Waals surface area (Å²) in [6.07, 6.45) is 0. The van der Waals surface area contributed by atoms with E-state index in [1.165, 1.54) is 0 Å². The topological polar surface area (TPSA) is 24.5 Å². The van der Waals surface area contributed by atoms with Gasteiger partial charge in [-0.2, -0.15) is 0 Å². The summed E-state index contributed by atoms with van der Waals surface area (Å²) in [6, 6.07) is 7.92. The van der Waals surface area contributed by atoms with Crippen molar-refractivity contribution >= 4 is 15.9 Å². The number of nitrogens with zero attached hydrogens (tertiary/aromatic N) is 1. The molecule has 4 heteroatoms. The lowest BCUT2D eigenvalue weighted by Crippen LogP contribution is -2.30. The van der Waals surface area contributed by atoms with Gasteiger partial charge in [-0.3, -0.25) is 0 Å². The summed E-state index contributed by atoms with van der Waals surface area (Å²) < 4.78 is 6.69. The largest absolute Gasteiger partial charge is 0.492 e. The first-order valence-electron chi connectivity index (χ1n) is 5.44. The number of benzene rings is 1. The fourth-order valence-electron chi connectivity index (χ4n) is 1.29. The lowest BCUT2D eigenvalue weighted by atomic mass is 10.3. The smallest absolute Gasteiger partial charge is 0.120 e. The molecule has 1 aromatic rings. The first kappa shape index (κ1) is 13.5. The number of hydrogen-bond donors (Lipinski definition) is 1. The molecule has 0 bridgehead atoms. The molecule has 0 fully saturated rings. The zero-order valence-corrected chi connectivity index (χ0v) is 11.5. The third-order valence-electron chi connectivity index (χ3n) is 2.28. The van der Waals surface area contributed by atoms with E-state index in [1.54, 1.807) is 0 Å². The van der Waals surface area contributed by atoms with Crippen molar-refractivity contribution in [1.82, 2.24) is 10.2 Å². The van der Waals surface area contributed by atoms with E-state index in [2.05, 4.69) is 33.2 Å². The molecule has 0 unspecified atom stereocenters. The monoisotopic (exact) mass is 286 g/mol. The van der Waals surface area contributed by atoms with Gasteiger partial charge in [0.1, 0.15) is 12.4 Å². The average Bonchev–Trinajstić information content (AvgIpc) is 2.26. The average molecular weight is 287 g/mol. The van der Waals surface area contributed by atoms with Gasteiger partial charge in [0.25, 0.3) is 0 Å². The van der Waals surface area contributed by atoms with Crippen LogP contribution in [0.1, 0.15) is 0 Å². The van der Waals surface area contributed by atoms with Crippen LogP contribution in [0.15, 0.2) is 28.7 Å². The van der Waals surface area contributed by atoms with Crippen molar-refractivity contribution in [3.63, 3.8) is 0 Å². The molecule has 1 aromatic carbocycles. The molecule has 0 aliphatic rings. The normalized spacial score (nSPS) is 10.8. The molecular weight excluding hydrogens is 268 g/mol. The van der Waals surface area contributed by atoms with Crippen molar-refractivity contribution in [2.45, 2.75) is 0 Å². The molecule has 0 amide bonds. The number of nitrogens with one attached hydrogen (secondary N) is 1. The number of ether oxygens (including phenoxy) is 1. The fraction of sp³-hybridized carbons (Fsp3) is 0.500. The summed E-state index contributed by atoms with van der Waals surface area (Å²) in [5.41, 5.74) is 0. The summed E-state index contributed by atoms with van der Waals surface area (Å²) in [5.74, 6) is 0.913. The van der Waals surface area contributed by atoms with Gasteiger partial charge in [0.05, 0.1) is 0 Å². The van der Waals surface area contributed by atoms with Crippen molar-refractivity contribution in [3.05, 3.63) is 28.7 Å². The lowest BCUT2D eigenvalue weighted by molar-refractivity contribution is 0.238. The Balaban J connectivity index is 2.20. The molecular formula is C12H19BrN2O. The van der Waals surface area contributed by atoms with E-state index in [0.29, 0.717) is 0 Å². The van der Waals surface area contributed by atoms with E-state index in [9.17, 15) is 0 Å². The third-order valence-corrected chi connectivity index (χ3v) is 2.77. The van der Waals surface area contributed by atoms with E-state index in [-0.39, 0.29) is 0 Å². The van der Waals surface area contributed by atoms with E-state index < -0.39 is 0 Å². The number of hydrogen-bond acceptors (Lipinski definition) is 3. The summed E-state index contributed by atoms with van der Waals surface area (Å²) in [5, 5.41) is 3.13. The molecule has 3 nitrogen and oxygen atoms in total. The summed E-state index contributed by atoms with van der Waals surface area (Å²) in [6.45, 7) is 3.70. The van der Waals surface area contributed by atoms with Crippen LogP contribution in [0.5, 0.6) is 5.75 Å². The number of halogens is 1. The summed E-state index contributed by atoms with van der Waals surface area (Å²) >= 11 is 3.42.